The van der Waals surface area contributed by atoms with Crippen LogP contribution in [0.4, 0.5) is 0 Å². The molecule has 1 heteroatoms. The molecule has 0 amide bonds. The Morgan fingerprint density at radius 1 is 1.05 bits per heavy atom. The van der Waals surface area contributed by atoms with Crippen LogP contribution in [0.2, 0.25) is 0 Å². The molecule has 0 aliphatic carbocycles. The smallest absolute Gasteiger partial charge is 0.00509 e. The summed E-state index contributed by atoms with van der Waals surface area (Å²) in [6.45, 7) is 8.46. The van der Waals surface area contributed by atoms with E-state index in [2.05, 4.69) is 44.7 Å². The normalized spacial score (nSPS) is 12.3. The second kappa shape index (κ2) is 9.77. The van der Waals surface area contributed by atoms with E-state index in [1.54, 1.807) is 0 Å². The van der Waals surface area contributed by atoms with Crippen molar-refractivity contribution >= 4 is 0 Å². The summed E-state index contributed by atoms with van der Waals surface area (Å²) in [5.41, 5.74) is 10.0. The van der Waals surface area contributed by atoms with Gasteiger partial charge in [-0.15, -0.1) is 0 Å². The maximum Gasteiger partial charge on any atom is 0.00509 e. The standard InChI is InChI=1S/C19H31N/c1-4-5-8-16(2)9-6-7-10-18-11-13-19(14-12-18)15-17(3)20/h11-14,17H,2,4-10,15,20H2,1,3H3. The van der Waals surface area contributed by atoms with Crippen LogP contribution in [0, 0.1) is 0 Å². The molecule has 1 rings (SSSR count). The SMILES string of the molecule is C=C(CCCC)CCCCc1ccc(CC(C)N)cc1. The second-order valence-electron chi connectivity index (χ2n) is 6.06. The average molecular weight is 273 g/mol. The minimum atomic E-state index is 0.245. The number of nitrogens with two attached hydrogens (primary N) is 1. The van der Waals surface area contributed by atoms with Gasteiger partial charge in [0.1, 0.15) is 0 Å². The van der Waals surface area contributed by atoms with Crippen LogP contribution in [-0.2, 0) is 12.8 Å². The molecule has 2 N–H and O–H groups in total. The third-order valence-electron chi connectivity index (χ3n) is 3.71. The van der Waals surface area contributed by atoms with E-state index < -0.39 is 0 Å². The molecule has 0 saturated carbocycles. The van der Waals surface area contributed by atoms with Crippen LogP contribution in [0.15, 0.2) is 36.4 Å². The summed E-state index contributed by atoms with van der Waals surface area (Å²) in [6, 6.07) is 9.19. The van der Waals surface area contributed by atoms with Gasteiger partial charge in [-0.3, -0.25) is 0 Å². The Morgan fingerprint density at radius 2 is 1.65 bits per heavy atom. The zero-order valence-corrected chi connectivity index (χ0v) is 13.3. The number of aryl methyl sites for hydroxylation is 1. The summed E-state index contributed by atoms with van der Waals surface area (Å²) in [7, 11) is 0. The maximum atomic E-state index is 5.82. The Hall–Kier alpha value is -1.08. The highest BCUT2D eigenvalue weighted by atomic mass is 14.6. The Bertz CT molecular complexity index is 375. The van der Waals surface area contributed by atoms with Crippen LogP contribution in [0.1, 0.15) is 63.5 Å². The van der Waals surface area contributed by atoms with Crippen LogP contribution < -0.4 is 5.73 Å². The molecule has 1 atom stereocenters. The molecule has 0 spiro atoms. The van der Waals surface area contributed by atoms with E-state index in [-0.39, 0.29) is 6.04 Å². The largest absolute Gasteiger partial charge is 0.328 e. The van der Waals surface area contributed by atoms with Gasteiger partial charge in [0.25, 0.3) is 0 Å². The van der Waals surface area contributed by atoms with E-state index in [1.807, 2.05) is 0 Å². The zero-order chi connectivity index (χ0) is 14.8. The first-order chi connectivity index (χ1) is 9.61. The van der Waals surface area contributed by atoms with Crippen molar-refractivity contribution in [3.63, 3.8) is 0 Å². The quantitative estimate of drug-likeness (QED) is 0.469. The van der Waals surface area contributed by atoms with E-state index in [1.165, 1.54) is 61.6 Å². The number of benzene rings is 1. The number of allylic oxidation sites excluding steroid dienone is 1. The molecule has 0 aliphatic heterocycles. The Balaban J connectivity index is 2.20. The molecule has 1 unspecified atom stereocenters. The number of rotatable bonds is 10. The molecule has 20 heavy (non-hydrogen) atoms. The van der Waals surface area contributed by atoms with Gasteiger partial charge in [-0.2, -0.15) is 0 Å². The molecular formula is C19H31N. The van der Waals surface area contributed by atoms with Crippen molar-refractivity contribution < 1.29 is 0 Å². The van der Waals surface area contributed by atoms with Gasteiger partial charge in [-0.05, 0) is 63.0 Å². The third kappa shape index (κ3) is 7.49. The van der Waals surface area contributed by atoms with Crippen molar-refractivity contribution in [3.05, 3.63) is 47.5 Å². The lowest BCUT2D eigenvalue weighted by molar-refractivity contribution is 0.689. The highest BCUT2D eigenvalue weighted by molar-refractivity contribution is 5.23. The molecule has 0 saturated heterocycles. The lowest BCUT2D eigenvalue weighted by Crippen LogP contribution is -2.17. The van der Waals surface area contributed by atoms with Gasteiger partial charge in [0.15, 0.2) is 0 Å². The molecule has 1 aromatic rings. The first kappa shape index (κ1) is 17.0. The van der Waals surface area contributed by atoms with Gasteiger partial charge < -0.3 is 5.73 Å². The minimum absolute atomic E-state index is 0.245. The van der Waals surface area contributed by atoms with E-state index in [0.717, 1.165) is 6.42 Å². The molecule has 0 aromatic heterocycles. The highest BCUT2D eigenvalue weighted by Gasteiger charge is 1.99. The monoisotopic (exact) mass is 273 g/mol. The number of hydrogen-bond donors (Lipinski definition) is 1. The fourth-order valence-corrected chi connectivity index (χ4v) is 2.47. The topological polar surface area (TPSA) is 26.0 Å². The van der Waals surface area contributed by atoms with Gasteiger partial charge in [0, 0.05) is 6.04 Å². The van der Waals surface area contributed by atoms with Gasteiger partial charge >= 0.3 is 0 Å². The summed E-state index contributed by atoms with van der Waals surface area (Å²) < 4.78 is 0. The molecule has 0 heterocycles. The summed E-state index contributed by atoms with van der Waals surface area (Å²) in [4.78, 5) is 0. The fourth-order valence-electron chi connectivity index (χ4n) is 2.47. The van der Waals surface area contributed by atoms with Gasteiger partial charge in [0.2, 0.25) is 0 Å². The molecule has 112 valence electrons. The van der Waals surface area contributed by atoms with Crippen molar-refractivity contribution in [2.24, 2.45) is 5.73 Å². The first-order valence-corrected chi connectivity index (χ1v) is 8.12. The maximum absolute atomic E-state index is 5.82. The molecule has 0 fully saturated rings. The van der Waals surface area contributed by atoms with Crippen molar-refractivity contribution in [2.75, 3.05) is 0 Å². The van der Waals surface area contributed by atoms with E-state index >= 15 is 0 Å². The van der Waals surface area contributed by atoms with Crippen molar-refractivity contribution in [1.82, 2.24) is 0 Å². The lowest BCUT2D eigenvalue weighted by Gasteiger charge is -2.07. The Kier molecular flexibility index (Phi) is 8.29. The summed E-state index contributed by atoms with van der Waals surface area (Å²) in [5, 5.41) is 0. The molecule has 0 aliphatic rings. The average Bonchev–Trinajstić information content (AvgIpc) is 2.42. The lowest BCUT2D eigenvalue weighted by atomic mass is 10.00. The fraction of sp³-hybridized carbons (Fsp3) is 0.579. The van der Waals surface area contributed by atoms with Crippen LogP contribution in [0.5, 0.6) is 0 Å². The van der Waals surface area contributed by atoms with E-state index in [0.29, 0.717) is 0 Å². The van der Waals surface area contributed by atoms with Crippen molar-refractivity contribution in [3.8, 4) is 0 Å². The number of hydrogen-bond acceptors (Lipinski definition) is 1. The third-order valence-corrected chi connectivity index (χ3v) is 3.71. The second-order valence-corrected chi connectivity index (χ2v) is 6.06. The van der Waals surface area contributed by atoms with Crippen LogP contribution >= 0.6 is 0 Å². The van der Waals surface area contributed by atoms with Crippen LogP contribution in [0.3, 0.4) is 0 Å². The first-order valence-electron chi connectivity index (χ1n) is 8.12. The zero-order valence-electron chi connectivity index (χ0n) is 13.3. The van der Waals surface area contributed by atoms with Crippen LogP contribution in [0.25, 0.3) is 0 Å². The summed E-state index contributed by atoms with van der Waals surface area (Å²) in [5.74, 6) is 0. The van der Waals surface area contributed by atoms with Crippen LogP contribution in [-0.4, -0.2) is 6.04 Å². The molecule has 0 bridgehead atoms. The Labute approximate surface area is 125 Å². The van der Waals surface area contributed by atoms with Gasteiger partial charge in [-0.25, -0.2) is 0 Å². The molecule has 1 nitrogen and oxygen atoms in total. The van der Waals surface area contributed by atoms with Crippen molar-refractivity contribution in [1.29, 1.82) is 0 Å². The highest BCUT2D eigenvalue weighted by Crippen LogP contribution is 2.15. The van der Waals surface area contributed by atoms with Gasteiger partial charge in [0.05, 0.1) is 0 Å². The molecule has 0 radical (unpaired) electrons. The van der Waals surface area contributed by atoms with Crippen molar-refractivity contribution in [2.45, 2.75) is 71.3 Å². The van der Waals surface area contributed by atoms with Gasteiger partial charge in [-0.1, -0.05) is 49.8 Å². The number of unbranched alkanes of at least 4 members (excludes halogenated alkanes) is 2. The minimum Gasteiger partial charge on any atom is -0.328 e. The predicted octanol–water partition coefficient (Wildman–Crippen LogP) is 5.04. The van der Waals surface area contributed by atoms with E-state index in [9.17, 15) is 0 Å². The molecular weight excluding hydrogens is 242 g/mol. The predicted molar refractivity (Wildman–Crippen MR) is 90.0 cm³/mol. The van der Waals surface area contributed by atoms with E-state index in [4.69, 9.17) is 5.73 Å². The summed E-state index contributed by atoms with van der Waals surface area (Å²) >= 11 is 0. The Morgan fingerprint density at radius 3 is 2.25 bits per heavy atom. The molecule has 1 aromatic carbocycles. The summed E-state index contributed by atoms with van der Waals surface area (Å²) in [6.07, 6.45) is 9.65.